The van der Waals surface area contributed by atoms with E-state index in [0.717, 1.165) is 29.9 Å². The quantitative estimate of drug-likeness (QED) is 0.360. The third-order valence-electron chi connectivity index (χ3n) is 6.30. The number of benzene rings is 1. The highest BCUT2D eigenvalue weighted by molar-refractivity contribution is 7.10. The topological polar surface area (TPSA) is 66.2 Å². The summed E-state index contributed by atoms with van der Waals surface area (Å²) in [7, 11) is 0. The first kappa shape index (κ1) is 25.2. The summed E-state index contributed by atoms with van der Waals surface area (Å²) in [6.45, 7) is 7.89. The van der Waals surface area contributed by atoms with E-state index < -0.39 is 6.10 Å². The van der Waals surface area contributed by atoms with Crippen LogP contribution in [0, 0.1) is 6.92 Å². The van der Waals surface area contributed by atoms with Gasteiger partial charge in [0.25, 0.3) is 0 Å². The van der Waals surface area contributed by atoms with E-state index in [1.165, 1.54) is 10.4 Å². The monoisotopic (exact) mass is 494 g/mol. The lowest BCUT2D eigenvalue weighted by molar-refractivity contribution is -0.136. The first-order valence-corrected chi connectivity index (χ1v) is 13.0. The third kappa shape index (κ3) is 6.84. The van der Waals surface area contributed by atoms with E-state index in [0.29, 0.717) is 32.7 Å². The van der Waals surface area contributed by atoms with E-state index in [1.807, 2.05) is 53.1 Å². The molecule has 0 saturated carbocycles. The summed E-state index contributed by atoms with van der Waals surface area (Å²) in [6, 6.07) is 13.7. The average Bonchev–Trinajstić information content (AvgIpc) is 3.53. The van der Waals surface area contributed by atoms with Crippen LogP contribution in [0.3, 0.4) is 0 Å². The molecule has 3 heterocycles. The second-order valence-electron chi connectivity index (χ2n) is 9.05. The molecule has 0 radical (unpaired) electrons. The summed E-state index contributed by atoms with van der Waals surface area (Å²) < 4.78 is 11.7. The highest BCUT2D eigenvalue weighted by atomic mass is 32.1. The summed E-state index contributed by atoms with van der Waals surface area (Å²) in [5.41, 5.74) is 2.31. The van der Waals surface area contributed by atoms with Crippen LogP contribution in [-0.2, 0) is 17.8 Å². The predicted octanol–water partition coefficient (Wildman–Crippen LogP) is 4.98. The van der Waals surface area contributed by atoms with Crippen molar-refractivity contribution in [3.63, 3.8) is 0 Å². The molecule has 1 N–H and O–H groups in total. The molecule has 1 aliphatic rings. The fourth-order valence-corrected chi connectivity index (χ4v) is 5.47. The van der Waals surface area contributed by atoms with Crippen molar-refractivity contribution >= 4 is 17.2 Å². The fraction of sp³-hybridized carbons (Fsp3) is 0.393. The largest absolute Gasteiger partial charge is 0.491 e. The molecular formula is C28H34N2O4S. The highest BCUT2D eigenvalue weighted by Gasteiger charge is 2.33. The number of aryl methyl sites for hydroxylation is 1. The lowest BCUT2D eigenvalue weighted by Gasteiger charge is -2.37. The molecule has 0 saturated heterocycles. The first-order valence-electron chi connectivity index (χ1n) is 12.1. The van der Waals surface area contributed by atoms with Crippen LogP contribution in [0.2, 0.25) is 0 Å². The molecule has 1 amide bonds. The molecule has 1 aliphatic heterocycles. The summed E-state index contributed by atoms with van der Waals surface area (Å²) in [4.78, 5) is 18.9. The van der Waals surface area contributed by atoms with Crippen molar-refractivity contribution in [1.82, 2.24) is 9.80 Å². The van der Waals surface area contributed by atoms with Crippen LogP contribution in [0.1, 0.15) is 40.6 Å². The van der Waals surface area contributed by atoms with Crippen LogP contribution in [0.15, 0.2) is 71.2 Å². The molecule has 6 nitrogen and oxygen atoms in total. The Kier molecular flexibility index (Phi) is 8.79. The molecule has 0 fully saturated rings. The van der Waals surface area contributed by atoms with Crippen molar-refractivity contribution in [2.75, 3.05) is 26.2 Å². The van der Waals surface area contributed by atoms with Gasteiger partial charge in [-0.1, -0.05) is 18.2 Å². The number of carbonyl (C=O) groups excluding carboxylic acids is 1. The van der Waals surface area contributed by atoms with Crippen LogP contribution in [0.5, 0.6) is 5.75 Å². The SMILES string of the molecule is C=CCC[C@@H](O)CN(CC(=O)N1CCc2sccc2[C@H]1COc1cccc(C)c1)Cc1ccco1. The maximum atomic E-state index is 13.6. The number of hydrogen-bond acceptors (Lipinski definition) is 6. The summed E-state index contributed by atoms with van der Waals surface area (Å²) in [5, 5.41) is 12.6. The number of aliphatic hydroxyl groups is 1. The van der Waals surface area contributed by atoms with Gasteiger partial charge in [-0.3, -0.25) is 9.69 Å². The van der Waals surface area contributed by atoms with Gasteiger partial charge in [0.2, 0.25) is 5.91 Å². The number of hydrogen-bond donors (Lipinski definition) is 1. The molecule has 0 bridgehead atoms. The Morgan fingerprint density at radius 2 is 2.26 bits per heavy atom. The molecule has 7 heteroatoms. The normalized spacial score (nSPS) is 16.2. The van der Waals surface area contributed by atoms with E-state index in [9.17, 15) is 9.90 Å². The van der Waals surface area contributed by atoms with Gasteiger partial charge in [-0.05, 0) is 73.0 Å². The number of allylic oxidation sites excluding steroid dienone is 1. The van der Waals surface area contributed by atoms with Crippen LogP contribution in [0.25, 0.3) is 0 Å². The minimum Gasteiger partial charge on any atom is -0.491 e. The number of fused-ring (bicyclic) bond motifs is 1. The summed E-state index contributed by atoms with van der Waals surface area (Å²) in [6.07, 6.45) is 5.08. The van der Waals surface area contributed by atoms with Gasteiger partial charge in [0.15, 0.2) is 0 Å². The fourth-order valence-electron chi connectivity index (χ4n) is 4.54. The predicted molar refractivity (Wildman–Crippen MR) is 139 cm³/mol. The van der Waals surface area contributed by atoms with Crippen LogP contribution >= 0.6 is 11.3 Å². The van der Waals surface area contributed by atoms with Gasteiger partial charge in [0.05, 0.1) is 31.5 Å². The number of furan rings is 1. The van der Waals surface area contributed by atoms with Crippen molar-refractivity contribution in [2.24, 2.45) is 0 Å². The Morgan fingerprint density at radius 1 is 1.37 bits per heavy atom. The molecule has 0 spiro atoms. The molecule has 0 unspecified atom stereocenters. The molecule has 1 aromatic carbocycles. The molecule has 3 aromatic rings. The van der Waals surface area contributed by atoms with E-state index in [-0.39, 0.29) is 18.5 Å². The van der Waals surface area contributed by atoms with E-state index >= 15 is 0 Å². The van der Waals surface area contributed by atoms with Gasteiger partial charge < -0.3 is 19.2 Å². The van der Waals surface area contributed by atoms with E-state index in [2.05, 4.69) is 18.0 Å². The van der Waals surface area contributed by atoms with Crippen molar-refractivity contribution in [3.8, 4) is 5.75 Å². The smallest absolute Gasteiger partial charge is 0.237 e. The minimum atomic E-state index is -0.541. The average molecular weight is 495 g/mol. The maximum absolute atomic E-state index is 13.6. The second kappa shape index (κ2) is 12.2. The molecule has 186 valence electrons. The molecule has 35 heavy (non-hydrogen) atoms. The second-order valence-corrected chi connectivity index (χ2v) is 10.0. The minimum absolute atomic E-state index is 0.0298. The van der Waals surface area contributed by atoms with E-state index in [1.54, 1.807) is 23.7 Å². The van der Waals surface area contributed by atoms with Crippen molar-refractivity contribution in [2.45, 2.75) is 44.9 Å². The van der Waals surface area contributed by atoms with E-state index in [4.69, 9.17) is 9.15 Å². The Balaban J connectivity index is 1.48. The summed E-state index contributed by atoms with van der Waals surface area (Å²) in [5.74, 6) is 1.61. The van der Waals surface area contributed by atoms with Crippen LogP contribution in [0.4, 0.5) is 0 Å². The number of carbonyl (C=O) groups is 1. The number of rotatable bonds is 12. The lowest BCUT2D eigenvalue weighted by Crippen LogP contribution is -2.47. The zero-order valence-electron chi connectivity index (χ0n) is 20.3. The van der Waals surface area contributed by atoms with Gasteiger partial charge >= 0.3 is 0 Å². The Morgan fingerprint density at radius 3 is 3.03 bits per heavy atom. The Labute approximate surface area is 211 Å². The molecular weight excluding hydrogens is 460 g/mol. The number of amides is 1. The molecule has 4 rings (SSSR count). The standard InChI is InChI=1S/C28H34N2O4S/c1-3-4-8-22(31)17-29(18-24-10-6-14-33-24)19-28(32)30-13-11-27-25(12-15-35-27)26(30)20-34-23-9-5-7-21(2)16-23/h3,5-7,9-10,12,14-16,22,26,31H,1,4,8,11,13,17-20H2,2H3/t22-,26-/m1/s1. The Bertz CT molecular complexity index is 1090. The zero-order chi connectivity index (χ0) is 24.6. The zero-order valence-corrected chi connectivity index (χ0v) is 21.1. The van der Waals surface area contributed by atoms with Crippen molar-refractivity contribution < 1.29 is 19.1 Å². The van der Waals surface area contributed by atoms with Crippen LogP contribution in [-0.4, -0.2) is 53.2 Å². The van der Waals surface area contributed by atoms with Gasteiger partial charge in [-0.2, -0.15) is 0 Å². The highest BCUT2D eigenvalue weighted by Crippen LogP contribution is 2.34. The van der Waals surface area contributed by atoms with Crippen LogP contribution < -0.4 is 4.74 Å². The first-order chi connectivity index (χ1) is 17.0. The van der Waals surface area contributed by atoms with Crippen molar-refractivity contribution in [3.05, 3.63) is 88.5 Å². The Hall–Kier alpha value is -2.87. The summed E-state index contributed by atoms with van der Waals surface area (Å²) >= 11 is 1.74. The van der Waals surface area contributed by atoms with Gasteiger partial charge in [0, 0.05) is 18.0 Å². The molecule has 0 aliphatic carbocycles. The number of ether oxygens (including phenoxy) is 1. The molecule has 2 aromatic heterocycles. The third-order valence-corrected chi connectivity index (χ3v) is 7.30. The number of aliphatic hydroxyl groups excluding tert-OH is 1. The lowest BCUT2D eigenvalue weighted by atomic mass is 10.0. The van der Waals surface area contributed by atoms with Gasteiger partial charge in [-0.15, -0.1) is 17.9 Å². The maximum Gasteiger partial charge on any atom is 0.237 e. The number of nitrogens with zero attached hydrogens (tertiary/aromatic N) is 2. The molecule has 2 atom stereocenters. The van der Waals surface area contributed by atoms with Crippen molar-refractivity contribution in [1.29, 1.82) is 0 Å². The van der Waals surface area contributed by atoms with Gasteiger partial charge in [-0.25, -0.2) is 0 Å². The number of thiophene rings is 1. The van der Waals surface area contributed by atoms with Gasteiger partial charge in [0.1, 0.15) is 18.1 Å².